The summed E-state index contributed by atoms with van der Waals surface area (Å²) in [5.74, 6) is -0.637. The lowest BCUT2D eigenvalue weighted by Crippen LogP contribution is -2.23. The van der Waals surface area contributed by atoms with Crippen LogP contribution in [0.2, 0.25) is 0 Å². The second-order valence-electron chi connectivity index (χ2n) is 5.72. The first kappa shape index (κ1) is 17.2. The molecule has 0 heterocycles. The number of methoxy groups -OCH3 is 1. The van der Waals surface area contributed by atoms with Crippen LogP contribution in [0.1, 0.15) is 15.9 Å². The quantitative estimate of drug-likeness (QED) is 0.503. The Morgan fingerprint density at radius 3 is 2.27 bits per heavy atom. The van der Waals surface area contributed by atoms with Gasteiger partial charge in [-0.1, -0.05) is 48.5 Å². The van der Waals surface area contributed by atoms with Crippen LogP contribution in [0.4, 0.5) is 0 Å². The number of carbonyl (C=O) groups excluding carboxylic acids is 2. The maximum atomic E-state index is 11.8. The summed E-state index contributed by atoms with van der Waals surface area (Å²) in [6.07, 6.45) is 3.93. The van der Waals surface area contributed by atoms with E-state index in [4.69, 9.17) is 15.6 Å². The van der Waals surface area contributed by atoms with E-state index < -0.39 is 5.97 Å². The minimum atomic E-state index is -0.637. The molecule has 0 unspecified atom stereocenters. The van der Waals surface area contributed by atoms with Gasteiger partial charge in [0.05, 0.1) is 24.1 Å². The summed E-state index contributed by atoms with van der Waals surface area (Å²) in [6.45, 7) is 0. The molecule has 0 fully saturated rings. The highest BCUT2D eigenvalue weighted by Crippen LogP contribution is 2.27. The fraction of sp³-hybridized carbons (Fsp3) is 0.0476. The van der Waals surface area contributed by atoms with Crippen LogP contribution >= 0.6 is 0 Å². The Hall–Kier alpha value is -3.60. The van der Waals surface area contributed by atoms with Gasteiger partial charge in [-0.25, -0.2) is 4.79 Å². The molecule has 0 atom stereocenters. The average molecular weight is 344 g/mol. The molecule has 0 spiro atoms. The number of allylic oxidation sites excluding steroid dienone is 3. The van der Waals surface area contributed by atoms with E-state index in [1.54, 1.807) is 18.2 Å². The minimum Gasteiger partial charge on any atom is -0.465 e. The number of hydrogen-bond donors (Lipinski definition) is 2. The Balaban J connectivity index is 1.98. The SMILES string of the molecule is COC(=O)C1=CC(c2ccc(-c3ccccc3C=O)cc2)=CC(=N)C1=N. The summed E-state index contributed by atoms with van der Waals surface area (Å²) in [7, 11) is 1.25. The standard InChI is InChI=1S/C21H16N2O3/c1-26-21(25)18-10-16(11-19(22)20(18)23)13-6-8-14(9-7-13)17-5-3-2-4-15(17)12-24/h2-12,22-23H,1H3. The van der Waals surface area contributed by atoms with Crippen molar-refractivity contribution in [2.75, 3.05) is 7.11 Å². The smallest absolute Gasteiger partial charge is 0.340 e. The molecule has 0 radical (unpaired) electrons. The van der Waals surface area contributed by atoms with Gasteiger partial charge in [0.25, 0.3) is 0 Å². The highest BCUT2D eigenvalue weighted by Gasteiger charge is 2.23. The lowest BCUT2D eigenvalue weighted by atomic mass is 9.91. The Bertz CT molecular complexity index is 983. The van der Waals surface area contributed by atoms with Crippen LogP contribution in [-0.2, 0) is 9.53 Å². The van der Waals surface area contributed by atoms with Crippen molar-refractivity contribution in [2.24, 2.45) is 0 Å². The lowest BCUT2D eigenvalue weighted by molar-refractivity contribution is -0.135. The molecule has 5 nitrogen and oxygen atoms in total. The molecule has 2 aromatic rings. The normalized spacial score (nSPS) is 13.7. The molecule has 0 amide bonds. The third kappa shape index (κ3) is 3.15. The minimum absolute atomic E-state index is 0.0433. The average Bonchev–Trinajstić information content (AvgIpc) is 2.69. The number of aldehydes is 1. The summed E-state index contributed by atoms with van der Waals surface area (Å²) in [5.41, 5.74) is 3.67. The molecular formula is C21H16N2O3. The van der Waals surface area contributed by atoms with Gasteiger partial charge < -0.3 is 4.74 Å². The topological polar surface area (TPSA) is 91.1 Å². The summed E-state index contributed by atoms with van der Waals surface area (Å²) in [6, 6.07) is 14.8. The van der Waals surface area contributed by atoms with E-state index in [1.807, 2.05) is 42.5 Å². The fourth-order valence-electron chi connectivity index (χ4n) is 2.78. The van der Waals surface area contributed by atoms with Gasteiger partial charge in [-0.05, 0) is 34.4 Å². The summed E-state index contributed by atoms with van der Waals surface area (Å²) in [5, 5.41) is 15.8. The van der Waals surface area contributed by atoms with Crippen molar-refractivity contribution in [3.63, 3.8) is 0 Å². The number of ether oxygens (including phenoxy) is 1. The Morgan fingerprint density at radius 2 is 1.62 bits per heavy atom. The molecule has 0 bridgehead atoms. The van der Waals surface area contributed by atoms with Crippen LogP contribution in [0.3, 0.4) is 0 Å². The summed E-state index contributed by atoms with van der Waals surface area (Å²) >= 11 is 0. The second kappa shape index (κ2) is 7.11. The predicted octanol–water partition coefficient (Wildman–Crippen LogP) is 3.70. The van der Waals surface area contributed by atoms with E-state index in [-0.39, 0.29) is 17.0 Å². The van der Waals surface area contributed by atoms with Crippen molar-refractivity contribution in [1.82, 2.24) is 0 Å². The molecule has 1 aliphatic carbocycles. The molecule has 2 N–H and O–H groups in total. The van der Waals surface area contributed by atoms with Crippen molar-refractivity contribution < 1.29 is 14.3 Å². The number of carbonyl (C=O) groups is 2. The number of nitrogens with one attached hydrogen (secondary N) is 2. The summed E-state index contributed by atoms with van der Waals surface area (Å²) < 4.78 is 4.69. The zero-order valence-corrected chi connectivity index (χ0v) is 14.1. The molecule has 0 aromatic heterocycles. The van der Waals surface area contributed by atoms with E-state index in [2.05, 4.69) is 0 Å². The van der Waals surface area contributed by atoms with Gasteiger partial charge in [-0.3, -0.25) is 15.6 Å². The molecule has 3 rings (SSSR count). The largest absolute Gasteiger partial charge is 0.465 e. The van der Waals surface area contributed by atoms with Gasteiger partial charge in [-0.15, -0.1) is 0 Å². The molecule has 2 aromatic carbocycles. The lowest BCUT2D eigenvalue weighted by Gasteiger charge is -2.15. The van der Waals surface area contributed by atoms with Crippen molar-refractivity contribution in [1.29, 1.82) is 10.8 Å². The number of hydrogen-bond acceptors (Lipinski definition) is 5. The van der Waals surface area contributed by atoms with E-state index in [0.29, 0.717) is 11.1 Å². The van der Waals surface area contributed by atoms with Crippen LogP contribution in [0.25, 0.3) is 16.7 Å². The zero-order valence-electron chi connectivity index (χ0n) is 14.1. The molecular weight excluding hydrogens is 328 g/mol. The second-order valence-corrected chi connectivity index (χ2v) is 5.72. The Labute approximate surface area is 150 Å². The van der Waals surface area contributed by atoms with Crippen molar-refractivity contribution >= 4 is 29.3 Å². The maximum absolute atomic E-state index is 11.8. The van der Waals surface area contributed by atoms with Crippen molar-refractivity contribution in [2.45, 2.75) is 0 Å². The van der Waals surface area contributed by atoms with Gasteiger partial charge in [0.15, 0.2) is 6.29 Å². The van der Waals surface area contributed by atoms with Crippen LogP contribution in [0.15, 0.2) is 66.3 Å². The predicted molar refractivity (Wildman–Crippen MR) is 101 cm³/mol. The number of benzene rings is 2. The van der Waals surface area contributed by atoms with Gasteiger partial charge in [0.2, 0.25) is 0 Å². The van der Waals surface area contributed by atoms with Crippen LogP contribution in [-0.4, -0.2) is 30.8 Å². The Kier molecular flexibility index (Phi) is 4.71. The van der Waals surface area contributed by atoms with E-state index in [1.165, 1.54) is 7.11 Å². The molecule has 26 heavy (non-hydrogen) atoms. The number of rotatable bonds is 4. The fourth-order valence-corrected chi connectivity index (χ4v) is 2.78. The first-order valence-corrected chi connectivity index (χ1v) is 7.89. The first-order chi connectivity index (χ1) is 12.5. The zero-order chi connectivity index (χ0) is 18.7. The van der Waals surface area contributed by atoms with Crippen LogP contribution < -0.4 is 0 Å². The van der Waals surface area contributed by atoms with Gasteiger partial charge in [0, 0.05) is 5.56 Å². The van der Waals surface area contributed by atoms with E-state index in [9.17, 15) is 9.59 Å². The van der Waals surface area contributed by atoms with Gasteiger partial charge in [0.1, 0.15) is 0 Å². The van der Waals surface area contributed by atoms with Gasteiger partial charge >= 0.3 is 5.97 Å². The maximum Gasteiger partial charge on any atom is 0.340 e. The Morgan fingerprint density at radius 1 is 0.962 bits per heavy atom. The first-order valence-electron chi connectivity index (χ1n) is 7.89. The third-order valence-corrected chi connectivity index (χ3v) is 4.16. The molecule has 1 aliphatic rings. The molecule has 128 valence electrons. The van der Waals surface area contributed by atoms with Crippen LogP contribution in [0.5, 0.6) is 0 Å². The van der Waals surface area contributed by atoms with Gasteiger partial charge in [-0.2, -0.15) is 0 Å². The van der Waals surface area contributed by atoms with Crippen LogP contribution in [0, 0.1) is 10.8 Å². The summed E-state index contributed by atoms with van der Waals surface area (Å²) in [4.78, 5) is 23.0. The molecule has 0 aliphatic heterocycles. The monoisotopic (exact) mass is 344 g/mol. The molecule has 5 heteroatoms. The number of esters is 1. The van der Waals surface area contributed by atoms with E-state index in [0.717, 1.165) is 23.0 Å². The molecule has 0 saturated heterocycles. The third-order valence-electron chi connectivity index (χ3n) is 4.16. The van der Waals surface area contributed by atoms with Crippen molar-refractivity contribution in [3.8, 4) is 11.1 Å². The molecule has 0 saturated carbocycles. The highest BCUT2D eigenvalue weighted by atomic mass is 16.5. The van der Waals surface area contributed by atoms with Crippen molar-refractivity contribution in [3.05, 3.63) is 77.4 Å². The highest BCUT2D eigenvalue weighted by molar-refractivity contribution is 6.56. The van der Waals surface area contributed by atoms with E-state index >= 15 is 0 Å².